The van der Waals surface area contributed by atoms with E-state index in [2.05, 4.69) is 5.32 Å². The molecule has 0 saturated carbocycles. The average molecular weight is 398 g/mol. The van der Waals surface area contributed by atoms with Gasteiger partial charge in [-0.15, -0.1) is 0 Å². The zero-order valence-corrected chi connectivity index (χ0v) is 15.0. The predicted molar refractivity (Wildman–Crippen MR) is 96.7 cm³/mol. The van der Waals surface area contributed by atoms with Crippen LogP contribution in [0.4, 0.5) is 13.2 Å². The molecule has 0 radical (unpaired) electrons. The molecule has 27 heavy (non-hydrogen) atoms. The molecule has 2 aromatic carbocycles. The van der Waals surface area contributed by atoms with Gasteiger partial charge in [-0.25, -0.2) is 0 Å². The van der Waals surface area contributed by atoms with E-state index in [1.165, 1.54) is 6.92 Å². The van der Waals surface area contributed by atoms with Gasteiger partial charge in [-0.2, -0.15) is 13.2 Å². The van der Waals surface area contributed by atoms with Gasteiger partial charge in [0.15, 0.2) is 5.11 Å². The summed E-state index contributed by atoms with van der Waals surface area (Å²) in [4.78, 5) is 12.5. The molecule has 0 aliphatic carbocycles. The SMILES string of the molecule is CCOC(=O)[C@H]1[C@H](c2cccc3ccccc23)NC(=S)N[C@]1(O)C(F)(F)F. The Morgan fingerprint density at radius 1 is 1.26 bits per heavy atom. The number of esters is 1. The van der Waals surface area contributed by atoms with Crippen LogP contribution in [0.5, 0.6) is 0 Å². The quantitative estimate of drug-likeness (QED) is 0.546. The Balaban J connectivity index is 2.21. The van der Waals surface area contributed by atoms with Gasteiger partial charge in [0.1, 0.15) is 5.92 Å². The number of carbonyl (C=O) groups is 1. The third kappa shape index (κ3) is 3.32. The minimum atomic E-state index is -5.17. The van der Waals surface area contributed by atoms with E-state index in [0.29, 0.717) is 10.9 Å². The van der Waals surface area contributed by atoms with E-state index in [4.69, 9.17) is 17.0 Å². The lowest BCUT2D eigenvalue weighted by atomic mass is 9.80. The third-order valence-electron chi connectivity index (χ3n) is 4.51. The Morgan fingerprint density at radius 2 is 1.93 bits per heavy atom. The lowest BCUT2D eigenvalue weighted by Gasteiger charge is -2.45. The normalized spacial score (nSPS) is 25.6. The van der Waals surface area contributed by atoms with E-state index in [0.717, 1.165) is 5.39 Å². The van der Waals surface area contributed by atoms with Crippen molar-refractivity contribution in [2.45, 2.75) is 24.9 Å². The van der Waals surface area contributed by atoms with Crippen LogP contribution >= 0.6 is 12.2 Å². The molecule has 1 heterocycles. The monoisotopic (exact) mass is 398 g/mol. The van der Waals surface area contributed by atoms with E-state index in [-0.39, 0.29) is 6.61 Å². The average Bonchev–Trinajstić information content (AvgIpc) is 2.59. The molecule has 3 rings (SSSR count). The molecule has 0 amide bonds. The summed E-state index contributed by atoms with van der Waals surface area (Å²) in [5.41, 5.74) is -3.17. The van der Waals surface area contributed by atoms with Gasteiger partial charge in [0.05, 0.1) is 12.6 Å². The molecule has 1 aliphatic rings. The van der Waals surface area contributed by atoms with E-state index in [1.54, 1.807) is 42.5 Å². The molecule has 144 valence electrons. The first kappa shape index (κ1) is 19.4. The molecule has 1 aliphatic heterocycles. The number of nitrogens with one attached hydrogen (secondary N) is 2. The molecule has 0 aromatic heterocycles. The van der Waals surface area contributed by atoms with Crippen LogP contribution < -0.4 is 10.6 Å². The molecular weight excluding hydrogens is 381 g/mol. The summed E-state index contributed by atoms with van der Waals surface area (Å²) in [6.45, 7) is 1.35. The van der Waals surface area contributed by atoms with Crippen molar-refractivity contribution < 1.29 is 27.8 Å². The highest BCUT2D eigenvalue weighted by Crippen LogP contribution is 2.44. The molecular formula is C18H17F3N2O3S. The van der Waals surface area contributed by atoms with Crippen molar-refractivity contribution in [1.29, 1.82) is 0 Å². The lowest BCUT2D eigenvalue weighted by molar-refractivity contribution is -0.292. The number of hydrogen-bond acceptors (Lipinski definition) is 4. The molecule has 9 heteroatoms. The van der Waals surface area contributed by atoms with E-state index >= 15 is 0 Å². The van der Waals surface area contributed by atoms with Crippen molar-refractivity contribution in [1.82, 2.24) is 10.6 Å². The first-order valence-corrected chi connectivity index (χ1v) is 8.62. The second kappa shape index (κ2) is 6.97. The lowest BCUT2D eigenvalue weighted by Crippen LogP contribution is -2.73. The van der Waals surface area contributed by atoms with Crippen LogP contribution in [0.1, 0.15) is 18.5 Å². The summed E-state index contributed by atoms with van der Waals surface area (Å²) in [5.74, 6) is -3.19. The van der Waals surface area contributed by atoms with Crippen molar-refractivity contribution in [3.8, 4) is 0 Å². The van der Waals surface area contributed by atoms with E-state index in [9.17, 15) is 23.1 Å². The van der Waals surface area contributed by atoms with Crippen molar-refractivity contribution in [2.75, 3.05) is 6.61 Å². The second-order valence-corrected chi connectivity index (χ2v) is 6.55. The summed E-state index contributed by atoms with van der Waals surface area (Å²) >= 11 is 4.89. The Kier molecular flexibility index (Phi) is 5.00. The molecule has 0 bridgehead atoms. The Bertz CT molecular complexity index is 884. The van der Waals surface area contributed by atoms with E-state index in [1.807, 2.05) is 5.32 Å². The van der Waals surface area contributed by atoms with Gasteiger partial charge >= 0.3 is 12.1 Å². The number of halogens is 3. The summed E-state index contributed by atoms with van der Waals surface area (Å²) in [6.07, 6.45) is -5.17. The van der Waals surface area contributed by atoms with Crippen molar-refractivity contribution in [3.63, 3.8) is 0 Å². The van der Waals surface area contributed by atoms with Crippen LogP contribution in [0.15, 0.2) is 42.5 Å². The molecule has 3 atom stereocenters. The summed E-state index contributed by atoms with van der Waals surface area (Å²) in [5, 5.41) is 16.0. The smallest absolute Gasteiger partial charge is 0.437 e. The van der Waals surface area contributed by atoms with Crippen molar-refractivity contribution >= 4 is 34.1 Å². The van der Waals surface area contributed by atoms with E-state index < -0.39 is 34.9 Å². The molecule has 3 N–H and O–H groups in total. The van der Waals surface area contributed by atoms with Gasteiger partial charge in [-0.1, -0.05) is 42.5 Å². The molecule has 0 unspecified atom stereocenters. The fourth-order valence-electron chi connectivity index (χ4n) is 3.32. The number of ether oxygens (including phenoxy) is 1. The Labute approximate surface area is 158 Å². The maximum Gasteiger partial charge on any atom is 0.437 e. The fourth-order valence-corrected chi connectivity index (χ4v) is 3.60. The number of rotatable bonds is 3. The number of fused-ring (bicyclic) bond motifs is 1. The van der Waals surface area contributed by atoms with Gasteiger partial charge in [-0.3, -0.25) is 4.79 Å². The second-order valence-electron chi connectivity index (χ2n) is 6.14. The highest BCUT2D eigenvalue weighted by Gasteiger charge is 2.66. The summed E-state index contributed by atoms with van der Waals surface area (Å²) in [6, 6.07) is 10.9. The van der Waals surface area contributed by atoms with Gasteiger partial charge in [0.2, 0.25) is 0 Å². The van der Waals surface area contributed by atoms with Crippen molar-refractivity contribution in [2.24, 2.45) is 5.92 Å². The van der Waals surface area contributed by atoms with Gasteiger partial charge < -0.3 is 20.5 Å². The zero-order chi connectivity index (χ0) is 19.8. The molecule has 5 nitrogen and oxygen atoms in total. The standard InChI is InChI=1S/C18H17F3N2O3S/c1-2-26-15(24)13-14(22-16(27)23-17(13,25)18(19,20)21)12-9-5-7-10-6-3-4-8-11(10)12/h3-9,13-14,25H,2H2,1H3,(H2,22,23,27)/t13-,14+,17-/m1/s1. The highest BCUT2D eigenvalue weighted by molar-refractivity contribution is 7.80. The minimum Gasteiger partial charge on any atom is -0.466 e. The number of thiocarbonyl (C=S) groups is 1. The highest BCUT2D eigenvalue weighted by atomic mass is 32.1. The number of aliphatic hydroxyl groups is 1. The molecule has 0 spiro atoms. The molecule has 1 fully saturated rings. The summed E-state index contributed by atoms with van der Waals surface area (Å²) < 4.78 is 46.1. The summed E-state index contributed by atoms with van der Waals surface area (Å²) in [7, 11) is 0. The van der Waals surface area contributed by atoms with Crippen LogP contribution in [0.25, 0.3) is 10.8 Å². The Morgan fingerprint density at radius 3 is 2.59 bits per heavy atom. The maximum atomic E-state index is 13.7. The zero-order valence-electron chi connectivity index (χ0n) is 14.2. The fraction of sp³-hybridized carbons (Fsp3) is 0.333. The Hall–Kier alpha value is -2.39. The minimum absolute atomic E-state index is 0.129. The maximum absolute atomic E-state index is 13.7. The van der Waals surface area contributed by atoms with Crippen LogP contribution in [-0.4, -0.2) is 34.7 Å². The van der Waals surface area contributed by atoms with Gasteiger partial charge in [0, 0.05) is 0 Å². The van der Waals surface area contributed by atoms with Crippen LogP contribution in [-0.2, 0) is 9.53 Å². The number of carbonyl (C=O) groups excluding carboxylic acids is 1. The molecule has 1 saturated heterocycles. The number of hydrogen-bond donors (Lipinski definition) is 3. The van der Waals surface area contributed by atoms with Crippen molar-refractivity contribution in [3.05, 3.63) is 48.0 Å². The predicted octanol–water partition coefficient (Wildman–Crippen LogP) is 2.79. The van der Waals surface area contributed by atoms with Crippen LogP contribution in [0.2, 0.25) is 0 Å². The van der Waals surface area contributed by atoms with Gasteiger partial charge in [-0.05, 0) is 35.5 Å². The third-order valence-corrected chi connectivity index (χ3v) is 4.73. The van der Waals surface area contributed by atoms with Crippen LogP contribution in [0, 0.1) is 5.92 Å². The number of alkyl halides is 3. The first-order chi connectivity index (χ1) is 12.7. The van der Waals surface area contributed by atoms with Crippen LogP contribution in [0.3, 0.4) is 0 Å². The topological polar surface area (TPSA) is 70.6 Å². The first-order valence-electron chi connectivity index (χ1n) is 8.21. The van der Waals surface area contributed by atoms with Gasteiger partial charge in [0.25, 0.3) is 5.72 Å². The molecule has 2 aromatic rings. The number of benzene rings is 2. The largest absolute Gasteiger partial charge is 0.466 e.